The molecule has 24 heavy (non-hydrogen) atoms. The smallest absolute Gasteiger partial charge is 0.318 e. The van der Waals surface area contributed by atoms with Crippen molar-refractivity contribution in [2.45, 2.75) is 0 Å². The van der Waals surface area contributed by atoms with Gasteiger partial charge in [0, 0.05) is 6.07 Å². The molecule has 2 aromatic carbocycles. The van der Waals surface area contributed by atoms with Gasteiger partial charge in [-0.05, 0) is 6.07 Å². The zero-order chi connectivity index (χ0) is 18.2. The summed E-state index contributed by atoms with van der Waals surface area (Å²) in [5.74, 6) is -14.5. The lowest BCUT2D eigenvalue weighted by atomic mass is 10.2. The van der Waals surface area contributed by atoms with Crippen molar-refractivity contribution in [3.63, 3.8) is 0 Å². The maximum atomic E-state index is 13.5. The summed E-state index contributed by atoms with van der Waals surface area (Å²) in [6.07, 6.45) is 0. The van der Waals surface area contributed by atoms with Crippen LogP contribution in [0.15, 0.2) is 18.2 Å². The number of nitro groups is 2. The Morgan fingerprint density at radius 1 is 0.792 bits per heavy atom. The Labute approximate surface area is 128 Å². The zero-order valence-corrected chi connectivity index (χ0v) is 11.1. The van der Waals surface area contributed by atoms with Gasteiger partial charge in [-0.2, -0.15) is 8.78 Å². The Bertz CT molecular complexity index is 844. The first kappa shape index (κ1) is 17.1. The lowest BCUT2D eigenvalue weighted by molar-refractivity contribution is -0.394. The Balaban J connectivity index is 2.61. The summed E-state index contributed by atoms with van der Waals surface area (Å²) in [4.78, 5) is 19.2. The first-order valence-corrected chi connectivity index (χ1v) is 5.77. The van der Waals surface area contributed by atoms with Gasteiger partial charge in [-0.3, -0.25) is 20.2 Å². The van der Waals surface area contributed by atoms with Gasteiger partial charge in [-0.25, -0.2) is 13.2 Å². The van der Waals surface area contributed by atoms with Crippen LogP contribution in [0.1, 0.15) is 0 Å². The van der Waals surface area contributed by atoms with Crippen LogP contribution in [0.2, 0.25) is 0 Å². The Morgan fingerprint density at radius 3 is 1.75 bits per heavy atom. The molecule has 0 unspecified atom stereocenters. The maximum absolute atomic E-state index is 13.5. The number of nitrogens with zero attached hydrogens (tertiary/aromatic N) is 2. The number of halogens is 5. The van der Waals surface area contributed by atoms with Crippen LogP contribution in [-0.4, -0.2) is 9.85 Å². The second-order valence-electron chi connectivity index (χ2n) is 4.17. The van der Waals surface area contributed by atoms with Crippen LogP contribution in [0.4, 0.5) is 33.3 Å². The van der Waals surface area contributed by atoms with E-state index in [-0.39, 0.29) is 0 Å². The first-order valence-electron chi connectivity index (χ1n) is 5.77. The van der Waals surface area contributed by atoms with Crippen LogP contribution in [0, 0.1) is 49.3 Å². The van der Waals surface area contributed by atoms with Crippen molar-refractivity contribution in [1.29, 1.82) is 0 Å². The molecule has 0 atom stereocenters. The fourth-order valence-electron chi connectivity index (χ4n) is 1.63. The van der Waals surface area contributed by atoms with Gasteiger partial charge in [0.15, 0.2) is 0 Å². The van der Waals surface area contributed by atoms with Crippen LogP contribution < -0.4 is 4.74 Å². The maximum Gasteiger partial charge on any atom is 0.318 e. The lowest BCUT2D eigenvalue weighted by Crippen LogP contribution is -2.05. The molecule has 0 aromatic heterocycles. The van der Waals surface area contributed by atoms with E-state index in [0.717, 1.165) is 0 Å². The average molecular weight is 350 g/mol. The molecule has 12 heteroatoms. The van der Waals surface area contributed by atoms with Crippen molar-refractivity contribution >= 4 is 11.4 Å². The van der Waals surface area contributed by atoms with E-state index in [2.05, 4.69) is 4.74 Å². The number of ether oxygens (including phenoxy) is 1. The van der Waals surface area contributed by atoms with Crippen LogP contribution in [0.25, 0.3) is 0 Å². The molecule has 0 aliphatic heterocycles. The van der Waals surface area contributed by atoms with Gasteiger partial charge in [0.25, 0.3) is 5.69 Å². The van der Waals surface area contributed by atoms with Gasteiger partial charge in [0.05, 0.1) is 15.9 Å². The van der Waals surface area contributed by atoms with Crippen molar-refractivity contribution in [2.75, 3.05) is 0 Å². The molecule has 0 saturated carbocycles. The highest BCUT2D eigenvalue weighted by Crippen LogP contribution is 2.38. The number of non-ortho nitro benzene ring substituents is 1. The number of hydrogen-bond acceptors (Lipinski definition) is 5. The zero-order valence-electron chi connectivity index (χ0n) is 11.1. The number of rotatable bonds is 4. The monoisotopic (exact) mass is 350 g/mol. The highest BCUT2D eigenvalue weighted by molar-refractivity contribution is 5.55. The standard InChI is InChI=1S/C12H3F5N2O5/c13-7-8(14)10(16)12(11(17)9(7)15)24-6-2-1-4(18(20)21)3-5(6)19(22)23/h1-3H. The molecule has 0 amide bonds. The number of nitro benzene ring substituents is 2. The largest absolute Gasteiger partial charge is 0.444 e. The summed E-state index contributed by atoms with van der Waals surface area (Å²) >= 11 is 0. The van der Waals surface area contributed by atoms with Crippen molar-refractivity contribution < 1.29 is 36.5 Å². The second kappa shape index (κ2) is 6.06. The van der Waals surface area contributed by atoms with E-state index in [1.54, 1.807) is 0 Å². The van der Waals surface area contributed by atoms with E-state index in [4.69, 9.17) is 0 Å². The third-order valence-electron chi connectivity index (χ3n) is 2.73. The summed E-state index contributed by atoms with van der Waals surface area (Å²) < 4.78 is 70.5. The molecular formula is C12H3F5N2O5. The van der Waals surface area contributed by atoms with E-state index in [9.17, 15) is 42.2 Å². The fraction of sp³-hybridized carbons (Fsp3) is 0. The van der Waals surface area contributed by atoms with Gasteiger partial charge in [-0.1, -0.05) is 0 Å². The molecule has 0 aliphatic rings. The van der Waals surface area contributed by atoms with Crippen molar-refractivity contribution in [1.82, 2.24) is 0 Å². The summed E-state index contributed by atoms with van der Waals surface area (Å²) in [7, 11) is 0. The minimum absolute atomic E-state index is 0.404. The van der Waals surface area contributed by atoms with Gasteiger partial charge in [0.1, 0.15) is 0 Å². The minimum Gasteiger partial charge on any atom is -0.444 e. The van der Waals surface area contributed by atoms with E-state index in [1.165, 1.54) is 0 Å². The van der Waals surface area contributed by atoms with E-state index in [1.807, 2.05) is 0 Å². The second-order valence-corrected chi connectivity index (χ2v) is 4.17. The average Bonchev–Trinajstić information content (AvgIpc) is 2.54. The van der Waals surface area contributed by atoms with E-state index < -0.39 is 61.8 Å². The molecule has 2 aromatic rings. The molecule has 7 nitrogen and oxygen atoms in total. The molecule has 0 radical (unpaired) electrons. The molecule has 0 aliphatic carbocycles. The Hall–Kier alpha value is -3.31. The Kier molecular flexibility index (Phi) is 4.31. The molecule has 2 rings (SSSR count). The van der Waals surface area contributed by atoms with Gasteiger partial charge < -0.3 is 4.74 Å². The van der Waals surface area contributed by atoms with Crippen LogP contribution in [-0.2, 0) is 0 Å². The van der Waals surface area contributed by atoms with Crippen LogP contribution in [0.5, 0.6) is 11.5 Å². The molecule has 0 saturated heterocycles. The topological polar surface area (TPSA) is 95.5 Å². The third-order valence-corrected chi connectivity index (χ3v) is 2.73. The number of benzene rings is 2. The van der Waals surface area contributed by atoms with E-state index in [0.29, 0.717) is 18.2 Å². The highest BCUT2D eigenvalue weighted by Gasteiger charge is 2.30. The highest BCUT2D eigenvalue weighted by atomic mass is 19.2. The van der Waals surface area contributed by atoms with Crippen molar-refractivity contribution in [3.8, 4) is 11.5 Å². The molecule has 0 bridgehead atoms. The van der Waals surface area contributed by atoms with Crippen LogP contribution in [0.3, 0.4) is 0 Å². The summed E-state index contributed by atoms with van der Waals surface area (Å²) in [5.41, 5.74) is -1.85. The first-order chi connectivity index (χ1) is 11.1. The normalized spacial score (nSPS) is 10.5. The fourth-order valence-corrected chi connectivity index (χ4v) is 1.63. The molecule has 0 N–H and O–H groups in total. The van der Waals surface area contributed by atoms with Crippen molar-refractivity contribution in [3.05, 3.63) is 67.5 Å². The van der Waals surface area contributed by atoms with Crippen molar-refractivity contribution in [2.24, 2.45) is 0 Å². The summed E-state index contributed by atoms with van der Waals surface area (Å²) in [5, 5.41) is 21.4. The number of hydrogen-bond donors (Lipinski definition) is 0. The Morgan fingerprint density at radius 2 is 1.29 bits per heavy atom. The SMILES string of the molecule is O=[N+]([O-])c1ccc(Oc2c(F)c(F)c(F)c(F)c2F)c([N+](=O)[O-])c1. The molecule has 0 fully saturated rings. The quantitative estimate of drug-likeness (QED) is 0.273. The van der Waals surface area contributed by atoms with E-state index >= 15 is 0 Å². The third kappa shape index (κ3) is 2.80. The summed E-state index contributed by atoms with van der Waals surface area (Å²) in [6, 6.07) is 1.68. The lowest BCUT2D eigenvalue weighted by Gasteiger charge is -2.10. The molecule has 0 heterocycles. The van der Waals surface area contributed by atoms with Gasteiger partial charge in [-0.15, -0.1) is 0 Å². The minimum atomic E-state index is -2.43. The molecule has 126 valence electrons. The van der Waals surface area contributed by atoms with Gasteiger partial charge >= 0.3 is 5.69 Å². The van der Waals surface area contributed by atoms with Crippen LogP contribution >= 0.6 is 0 Å². The predicted octanol–water partition coefficient (Wildman–Crippen LogP) is 3.99. The summed E-state index contributed by atoms with van der Waals surface area (Å²) in [6.45, 7) is 0. The molecule has 0 spiro atoms. The predicted molar refractivity (Wildman–Crippen MR) is 66.1 cm³/mol. The molecular weight excluding hydrogens is 347 g/mol. The van der Waals surface area contributed by atoms with Gasteiger partial charge in [0.2, 0.25) is 40.6 Å².